The number of halogens is 1. The van der Waals surface area contributed by atoms with Gasteiger partial charge >= 0.3 is 0 Å². The molecule has 0 aliphatic carbocycles. The number of rotatable bonds is 0. The smallest absolute Gasteiger partial charge is 0.0771 e. The molecule has 0 aromatic rings. The number of hydrogen-bond acceptors (Lipinski definition) is 2. The van der Waals surface area contributed by atoms with Crippen molar-refractivity contribution in [2.45, 2.75) is 29.4 Å². The molecule has 0 aromatic heterocycles. The highest BCUT2D eigenvalue weighted by atomic mass is 127. The molecular formula is C8H15IN2. The molecule has 0 radical (unpaired) electrons. The van der Waals surface area contributed by atoms with Gasteiger partial charge in [-0.1, -0.05) is 22.6 Å². The van der Waals surface area contributed by atoms with E-state index < -0.39 is 0 Å². The first-order valence-corrected chi connectivity index (χ1v) is 5.65. The van der Waals surface area contributed by atoms with Gasteiger partial charge in [-0.2, -0.15) is 0 Å². The maximum absolute atomic E-state index is 6.05. The molecule has 2 unspecified atom stereocenters. The van der Waals surface area contributed by atoms with Gasteiger partial charge in [0.05, 0.1) is 4.05 Å². The third-order valence-electron chi connectivity index (χ3n) is 2.96. The molecule has 11 heavy (non-hydrogen) atoms. The van der Waals surface area contributed by atoms with Crippen LogP contribution in [0.4, 0.5) is 0 Å². The molecule has 3 fully saturated rings. The Morgan fingerprint density at radius 3 is 2.55 bits per heavy atom. The summed E-state index contributed by atoms with van der Waals surface area (Å²) in [6.07, 6.45) is 4.02. The monoisotopic (exact) mass is 266 g/mol. The van der Waals surface area contributed by atoms with E-state index in [-0.39, 0.29) is 0 Å². The number of nitrogens with zero attached hydrogens (tertiary/aromatic N) is 1. The molecule has 0 spiro atoms. The quantitative estimate of drug-likeness (QED) is 0.405. The third-order valence-corrected chi connectivity index (χ3v) is 4.67. The van der Waals surface area contributed by atoms with Crippen molar-refractivity contribution in [1.29, 1.82) is 0 Å². The second kappa shape index (κ2) is 3.18. The van der Waals surface area contributed by atoms with Crippen LogP contribution in [0.15, 0.2) is 0 Å². The van der Waals surface area contributed by atoms with E-state index in [1.54, 1.807) is 0 Å². The second-order valence-electron chi connectivity index (χ2n) is 3.75. The van der Waals surface area contributed by atoms with Gasteiger partial charge in [-0.3, -0.25) is 4.90 Å². The first kappa shape index (κ1) is 8.26. The van der Waals surface area contributed by atoms with Crippen LogP contribution in [-0.2, 0) is 0 Å². The van der Waals surface area contributed by atoms with E-state index in [0.717, 1.165) is 5.92 Å². The van der Waals surface area contributed by atoms with Crippen molar-refractivity contribution in [1.82, 2.24) is 4.90 Å². The van der Waals surface area contributed by atoms with E-state index in [1.807, 2.05) is 0 Å². The molecular weight excluding hydrogens is 251 g/mol. The van der Waals surface area contributed by atoms with Crippen LogP contribution in [0.2, 0.25) is 0 Å². The van der Waals surface area contributed by atoms with Crippen molar-refractivity contribution in [3.8, 4) is 0 Å². The number of alkyl halides is 1. The van der Waals surface area contributed by atoms with E-state index in [2.05, 4.69) is 27.5 Å². The number of nitrogens with two attached hydrogens (primary N) is 1. The number of piperidine rings is 1. The molecule has 2 atom stereocenters. The Labute approximate surface area is 81.6 Å². The largest absolute Gasteiger partial charge is 0.326 e. The summed E-state index contributed by atoms with van der Waals surface area (Å²) in [5, 5.41) is 0. The van der Waals surface area contributed by atoms with Crippen LogP contribution < -0.4 is 5.73 Å². The molecule has 3 aliphatic heterocycles. The van der Waals surface area contributed by atoms with Crippen molar-refractivity contribution in [2.75, 3.05) is 13.1 Å². The van der Waals surface area contributed by atoms with Gasteiger partial charge in [0, 0.05) is 6.04 Å². The lowest BCUT2D eigenvalue weighted by Gasteiger charge is -2.29. The highest BCUT2D eigenvalue weighted by molar-refractivity contribution is 14.1. The topological polar surface area (TPSA) is 29.3 Å². The normalized spacial score (nSPS) is 50.7. The van der Waals surface area contributed by atoms with Crippen LogP contribution in [0.1, 0.15) is 19.3 Å². The fourth-order valence-electron chi connectivity index (χ4n) is 2.20. The van der Waals surface area contributed by atoms with Crippen LogP contribution in [0.25, 0.3) is 0 Å². The van der Waals surface area contributed by atoms with Crippen molar-refractivity contribution >= 4 is 22.6 Å². The number of fused-ring (bicyclic) bond motifs is 4. The highest BCUT2D eigenvalue weighted by Gasteiger charge is 2.33. The molecule has 2 N–H and O–H groups in total. The molecule has 3 heterocycles. The van der Waals surface area contributed by atoms with Gasteiger partial charge in [0.1, 0.15) is 0 Å². The molecule has 3 heteroatoms. The Kier molecular flexibility index (Phi) is 2.39. The minimum Gasteiger partial charge on any atom is -0.326 e. The maximum Gasteiger partial charge on any atom is 0.0771 e. The molecule has 3 aliphatic rings. The number of hydrogen-bond donors (Lipinski definition) is 1. The van der Waals surface area contributed by atoms with Crippen LogP contribution in [0, 0.1) is 5.92 Å². The summed E-state index contributed by atoms with van der Waals surface area (Å²) in [5.74, 6) is 0.931. The van der Waals surface area contributed by atoms with Gasteiger partial charge in [-0.05, 0) is 38.3 Å². The molecule has 2 bridgehead atoms. The zero-order chi connectivity index (χ0) is 7.84. The van der Waals surface area contributed by atoms with E-state index in [0.29, 0.717) is 10.1 Å². The van der Waals surface area contributed by atoms with E-state index >= 15 is 0 Å². The van der Waals surface area contributed by atoms with Gasteiger partial charge in [0.15, 0.2) is 0 Å². The van der Waals surface area contributed by atoms with Crippen LogP contribution in [-0.4, -0.2) is 28.1 Å². The lowest BCUT2D eigenvalue weighted by atomic mass is 9.94. The lowest BCUT2D eigenvalue weighted by molar-refractivity contribution is 0.215. The molecule has 64 valence electrons. The Morgan fingerprint density at radius 2 is 1.91 bits per heavy atom. The second-order valence-corrected chi connectivity index (χ2v) is 5.03. The Hall–Kier alpha value is 0.650. The summed E-state index contributed by atoms with van der Waals surface area (Å²) in [5.41, 5.74) is 6.05. The Morgan fingerprint density at radius 1 is 1.27 bits per heavy atom. The van der Waals surface area contributed by atoms with Gasteiger partial charge < -0.3 is 5.73 Å². The average Bonchev–Trinajstić information content (AvgIpc) is 2.22. The Balaban J connectivity index is 2.12. The molecule has 0 aromatic carbocycles. The Bertz CT molecular complexity index is 143. The predicted molar refractivity (Wildman–Crippen MR) is 54.7 cm³/mol. The zero-order valence-corrected chi connectivity index (χ0v) is 8.83. The summed E-state index contributed by atoms with van der Waals surface area (Å²) >= 11 is 2.50. The first-order valence-electron chi connectivity index (χ1n) is 4.41. The van der Waals surface area contributed by atoms with Crippen LogP contribution >= 0.6 is 22.6 Å². The highest BCUT2D eigenvalue weighted by Crippen LogP contribution is 2.31. The minimum atomic E-state index is 0.422. The SMILES string of the molecule is NC1CC2CCN(CC2)C1I. The molecule has 0 amide bonds. The van der Waals surface area contributed by atoms with Crippen molar-refractivity contribution in [3.63, 3.8) is 0 Å². The zero-order valence-electron chi connectivity index (χ0n) is 6.67. The molecule has 3 rings (SSSR count). The fourth-order valence-corrected chi connectivity index (χ4v) is 3.05. The summed E-state index contributed by atoms with van der Waals surface area (Å²) in [6, 6.07) is 0.422. The van der Waals surface area contributed by atoms with E-state index in [1.165, 1.54) is 32.4 Å². The van der Waals surface area contributed by atoms with Gasteiger partial charge in [-0.25, -0.2) is 0 Å². The molecule has 3 saturated heterocycles. The van der Waals surface area contributed by atoms with Gasteiger partial charge in [0.2, 0.25) is 0 Å². The predicted octanol–water partition coefficient (Wildman–Crippen LogP) is 1.19. The summed E-state index contributed by atoms with van der Waals surface area (Å²) in [4.78, 5) is 2.54. The van der Waals surface area contributed by atoms with Gasteiger partial charge in [0.25, 0.3) is 0 Å². The van der Waals surface area contributed by atoms with Crippen LogP contribution in [0.5, 0.6) is 0 Å². The first-order chi connectivity index (χ1) is 5.27. The summed E-state index contributed by atoms with van der Waals surface area (Å²) < 4.78 is 0.597. The third kappa shape index (κ3) is 1.55. The minimum absolute atomic E-state index is 0.422. The molecule has 2 nitrogen and oxygen atoms in total. The van der Waals surface area contributed by atoms with Crippen molar-refractivity contribution in [3.05, 3.63) is 0 Å². The standard InChI is InChI=1S/C8H15IN2/c9-8-7(10)5-6-1-3-11(8)4-2-6/h6-8H,1-5,10H2. The fraction of sp³-hybridized carbons (Fsp3) is 1.00. The van der Waals surface area contributed by atoms with E-state index in [4.69, 9.17) is 5.73 Å². The lowest BCUT2D eigenvalue weighted by Crippen LogP contribution is -2.42. The van der Waals surface area contributed by atoms with Crippen molar-refractivity contribution in [2.24, 2.45) is 11.7 Å². The summed E-state index contributed by atoms with van der Waals surface area (Å²) in [6.45, 7) is 2.57. The molecule has 0 saturated carbocycles. The van der Waals surface area contributed by atoms with Crippen molar-refractivity contribution < 1.29 is 0 Å². The maximum atomic E-state index is 6.05. The van der Waals surface area contributed by atoms with Gasteiger partial charge in [-0.15, -0.1) is 0 Å². The summed E-state index contributed by atoms with van der Waals surface area (Å²) in [7, 11) is 0. The van der Waals surface area contributed by atoms with Crippen LogP contribution in [0.3, 0.4) is 0 Å². The van der Waals surface area contributed by atoms with E-state index in [9.17, 15) is 0 Å². The average molecular weight is 266 g/mol.